The number of rotatable bonds is 6. The summed E-state index contributed by atoms with van der Waals surface area (Å²) in [5.74, 6) is 0.707. The van der Waals surface area contributed by atoms with E-state index < -0.39 is 0 Å². The number of nitrogens with zero attached hydrogens (tertiary/aromatic N) is 3. The molecule has 0 aliphatic heterocycles. The van der Waals surface area contributed by atoms with Crippen LogP contribution in [-0.4, -0.2) is 15.0 Å². The highest BCUT2D eigenvalue weighted by Crippen LogP contribution is 2.41. The molecule has 234 valence electrons. The third kappa shape index (κ3) is 5.41. The van der Waals surface area contributed by atoms with E-state index in [4.69, 9.17) is 15.0 Å². The normalized spacial score (nSPS) is 11.2. The van der Waals surface area contributed by atoms with Crippen LogP contribution in [0.15, 0.2) is 188 Å². The molecule has 0 aliphatic carbocycles. The van der Waals surface area contributed by atoms with Gasteiger partial charge in [-0.25, -0.2) is 15.0 Å². The molecule has 0 spiro atoms. The van der Waals surface area contributed by atoms with Crippen LogP contribution in [0.4, 0.5) is 0 Å². The molecule has 7 aromatic carbocycles. The van der Waals surface area contributed by atoms with E-state index in [-0.39, 0.29) is 0 Å². The monoisotopic (exact) mass is 637 g/mol. The Kier molecular flexibility index (Phi) is 7.49. The van der Waals surface area contributed by atoms with E-state index in [9.17, 15) is 0 Å². The third-order valence-electron chi connectivity index (χ3n) is 9.30. The van der Waals surface area contributed by atoms with E-state index in [1.54, 1.807) is 0 Å². The minimum Gasteiger partial charge on any atom is -0.246 e. The summed E-state index contributed by atoms with van der Waals surface area (Å²) in [6.07, 6.45) is 0. The van der Waals surface area contributed by atoms with Crippen molar-refractivity contribution < 1.29 is 0 Å². The molecule has 0 bridgehead atoms. The van der Waals surface area contributed by atoms with Crippen molar-refractivity contribution in [1.82, 2.24) is 15.0 Å². The summed E-state index contributed by atoms with van der Waals surface area (Å²) in [6.45, 7) is 0. The Bertz CT molecular complexity index is 2540. The van der Waals surface area contributed by atoms with E-state index in [1.807, 2.05) is 36.4 Å². The Hall–Kier alpha value is -6.71. The lowest BCUT2D eigenvalue weighted by Crippen LogP contribution is -1.96. The molecule has 0 fully saturated rings. The largest absolute Gasteiger partial charge is 0.246 e. The van der Waals surface area contributed by atoms with Gasteiger partial charge >= 0.3 is 0 Å². The van der Waals surface area contributed by atoms with E-state index in [0.29, 0.717) is 5.82 Å². The van der Waals surface area contributed by atoms with Gasteiger partial charge in [0.1, 0.15) is 0 Å². The molecule has 0 atom stereocenters. The van der Waals surface area contributed by atoms with Gasteiger partial charge in [-0.3, -0.25) is 0 Å². The smallest absolute Gasteiger partial charge is 0.160 e. The van der Waals surface area contributed by atoms with Crippen molar-refractivity contribution in [3.63, 3.8) is 0 Å². The SMILES string of the molecule is c1ccc(-c2cc(-c3ccc(-c4cccc5c4nc(-c4ccccc4)c4cccc(-c6ccccc6)c45)cc3)nc(-c3ccccc3)n2)cc1. The molecule has 0 amide bonds. The lowest BCUT2D eigenvalue weighted by molar-refractivity contribution is 1.18. The van der Waals surface area contributed by atoms with Gasteiger partial charge in [0.15, 0.2) is 5.82 Å². The summed E-state index contributed by atoms with van der Waals surface area (Å²) in [5, 5.41) is 3.49. The van der Waals surface area contributed by atoms with Crippen LogP contribution in [0.3, 0.4) is 0 Å². The molecule has 0 N–H and O–H groups in total. The Morgan fingerprint density at radius 1 is 0.300 bits per heavy atom. The average molecular weight is 638 g/mol. The average Bonchev–Trinajstić information content (AvgIpc) is 3.21. The Morgan fingerprint density at radius 3 is 1.38 bits per heavy atom. The molecule has 9 aromatic rings. The van der Waals surface area contributed by atoms with Crippen LogP contribution < -0.4 is 0 Å². The first-order valence-corrected chi connectivity index (χ1v) is 16.9. The lowest BCUT2D eigenvalue weighted by Gasteiger charge is -2.16. The van der Waals surface area contributed by atoms with Gasteiger partial charge in [0.25, 0.3) is 0 Å². The first-order chi connectivity index (χ1) is 24.8. The van der Waals surface area contributed by atoms with E-state index in [2.05, 4.69) is 152 Å². The number of hydrogen-bond donors (Lipinski definition) is 0. The van der Waals surface area contributed by atoms with E-state index in [1.165, 1.54) is 16.5 Å². The lowest BCUT2D eigenvalue weighted by atomic mass is 9.91. The standard InChI is InChI=1S/C47H31N3/c1-5-15-32(16-6-1)38-23-13-25-40-44(38)41-26-14-24-39(46(41)50-45(40)36-19-9-3-10-20-36)33-27-29-35(30-28-33)43-31-42(34-17-7-2-8-18-34)48-47(49-43)37-21-11-4-12-22-37/h1-31H. The van der Waals surface area contributed by atoms with Crippen LogP contribution in [0.25, 0.3) is 89.1 Å². The topological polar surface area (TPSA) is 38.7 Å². The fourth-order valence-electron chi connectivity index (χ4n) is 6.87. The second-order valence-electron chi connectivity index (χ2n) is 12.4. The number of para-hydroxylation sites is 1. The molecule has 3 heteroatoms. The van der Waals surface area contributed by atoms with Gasteiger partial charge in [-0.1, -0.05) is 182 Å². The van der Waals surface area contributed by atoms with Crippen molar-refractivity contribution in [1.29, 1.82) is 0 Å². The quantitative estimate of drug-likeness (QED) is 0.170. The van der Waals surface area contributed by atoms with Crippen molar-refractivity contribution in [2.45, 2.75) is 0 Å². The molecule has 0 radical (unpaired) electrons. The zero-order chi connectivity index (χ0) is 33.3. The molecular formula is C47H31N3. The molecule has 0 saturated heterocycles. The zero-order valence-corrected chi connectivity index (χ0v) is 27.2. The van der Waals surface area contributed by atoms with E-state index in [0.717, 1.165) is 66.8 Å². The van der Waals surface area contributed by atoms with Gasteiger partial charge in [0.05, 0.1) is 22.6 Å². The third-order valence-corrected chi connectivity index (χ3v) is 9.30. The fraction of sp³-hybridized carbons (Fsp3) is 0. The highest BCUT2D eigenvalue weighted by Gasteiger charge is 2.17. The number of benzene rings is 7. The second-order valence-corrected chi connectivity index (χ2v) is 12.4. The van der Waals surface area contributed by atoms with Crippen LogP contribution in [0.1, 0.15) is 0 Å². The maximum Gasteiger partial charge on any atom is 0.160 e. The predicted molar refractivity (Wildman–Crippen MR) is 207 cm³/mol. The molecule has 3 nitrogen and oxygen atoms in total. The van der Waals surface area contributed by atoms with Crippen molar-refractivity contribution in [3.05, 3.63) is 188 Å². The summed E-state index contributed by atoms with van der Waals surface area (Å²) >= 11 is 0. The molecule has 50 heavy (non-hydrogen) atoms. The highest BCUT2D eigenvalue weighted by atomic mass is 14.9. The number of aromatic nitrogens is 3. The van der Waals surface area contributed by atoms with Gasteiger partial charge in [-0.15, -0.1) is 0 Å². The van der Waals surface area contributed by atoms with E-state index >= 15 is 0 Å². The maximum atomic E-state index is 5.44. The highest BCUT2D eigenvalue weighted by molar-refractivity contribution is 6.19. The Balaban J connectivity index is 1.21. The van der Waals surface area contributed by atoms with Crippen molar-refractivity contribution >= 4 is 21.7 Å². The van der Waals surface area contributed by atoms with Gasteiger partial charge < -0.3 is 0 Å². The molecule has 0 aliphatic rings. The number of pyridine rings is 1. The van der Waals surface area contributed by atoms with Crippen LogP contribution in [0.2, 0.25) is 0 Å². The number of fused-ring (bicyclic) bond motifs is 3. The predicted octanol–water partition coefficient (Wildman–Crippen LogP) is 12.2. The molecule has 0 unspecified atom stereocenters. The first-order valence-electron chi connectivity index (χ1n) is 16.9. The van der Waals surface area contributed by atoms with Crippen LogP contribution >= 0.6 is 0 Å². The second kappa shape index (κ2) is 12.7. The minimum absolute atomic E-state index is 0.707. The van der Waals surface area contributed by atoms with Crippen LogP contribution in [0, 0.1) is 0 Å². The first kappa shape index (κ1) is 29.4. The van der Waals surface area contributed by atoms with Gasteiger partial charge in [-0.2, -0.15) is 0 Å². The van der Waals surface area contributed by atoms with Gasteiger partial charge in [0, 0.05) is 44.0 Å². The molecule has 2 heterocycles. The molecular weight excluding hydrogens is 607 g/mol. The molecule has 0 saturated carbocycles. The zero-order valence-electron chi connectivity index (χ0n) is 27.2. The maximum absolute atomic E-state index is 5.44. The van der Waals surface area contributed by atoms with Crippen molar-refractivity contribution in [2.24, 2.45) is 0 Å². The Morgan fingerprint density at radius 2 is 0.760 bits per heavy atom. The fourth-order valence-corrected chi connectivity index (χ4v) is 6.87. The molecule has 9 rings (SSSR count). The molecule has 2 aromatic heterocycles. The summed E-state index contributed by atoms with van der Waals surface area (Å²) in [6, 6.07) is 65.5. The number of hydrogen-bond acceptors (Lipinski definition) is 3. The van der Waals surface area contributed by atoms with Gasteiger partial charge in [0.2, 0.25) is 0 Å². The van der Waals surface area contributed by atoms with Crippen LogP contribution in [-0.2, 0) is 0 Å². The van der Waals surface area contributed by atoms with Crippen LogP contribution in [0.5, 0.6) is 0 Å². The summed E-state index contributed by atoms with van der Waals surface area (Å²) in [4.78, 5) is 15.4. The van der Waals surface area contributed by atoms with Crippen molar-refractivity contribution in [3.8, 4) is 67.4 Å². The Labute approximate surface area is 291 Å². The van der Waals surface area contributed by atoms with Crippen molar-refractivity contribution in [2.75, 3.05) is 0 Å². The summed E-state index contributed by atoms with van der Waals surface area (Å²) in [7, 11) is 0. The summed E-state index contributed by atoms with van der Waals surface area (Å²) < 4.78 is 0. The van der Waals surface area contributed by atoms with Gasteiger partial charge in [-0.05, 0) is 22.8 Å². The minimum atomic E-state index is 0.707. The summed E-state index contributed by atoms with van der Waals surface area (Å²) in [5.41, 5.74) is 12.5.